The van der Waals surface area contributed by atoms with Gasteiger partial charge in [-0.1, -0.05) is 6.07 Å². The number of nitrogens with one attached hydrogen (secondary N) is 1. The largest absolute Gasteiger partial charge is 0.423 e. The number of aryl methyl sites for hydroxylation is 1. The highest BCUT2D eigenvalue weighted by Crippen LogP contribution is 2.25. The maximum atomic E-state index is 12.7. The number of benzene rings is 1. The van der Waals surface area contributed by atoms with E-state index in [4.69, 9.17) is 9.15 Å². The Balaban J connectivity index is 1.48. The van der Waals surface area contributed by atoms with E-state index in [0.717, 1.165) is 16.5 Å². The second-order valence-electron chi connectivity index (χ2n) is 6.36. The van der Waals surface area contributed by atoms with Gasteiger partial charge in [0.1, 0.15) is 0 Å². The lowest BCUT2D eigenvalue weighted by Gasteiger charge is -2.35. The van der Waals surface area contributed by atoms with E-state index in [2.05, 4.69) is 20.4 Å². The summed E-state index contributed by atoms with van der Waals surface area (Å²) in [6.45, 7) is 4.64. The number of nitrogens with zero attached hydrogens (tertiary/aromatic N) is 4. The molecule has 1 N–H and O–H groups in total. The third-order valence-corrected chi connectivity index (χ3v) is 4.29. The van der Waals surface area contributed by atoms with Crippen molar-refractivity contribution in [3.8, 4) is 0 Å². The average Bonchev–Trinajstić information content (AvgIpc) is 3.22. The smallest absolute Gasteiger partial charge is 0.247 e. The Bertz CT molecular complexity index is 902. The number of ether oxygens (including phenoxy) is 1. The summed E-state index contributed by atoms with van der Waals surface area (Å²) in [6, 6.07) is 5.87. The summed E-state index contributed by atoms with van der Waals surface area (Å²) in [5, 5.41) is 15.8. The number of carbonyl (C=O) groups excluding carboxylic acids is 1. The summed E-state index contributed by atoms with van der Waals surface area (Å²) in [7, 11) is 0. The van der Waals surface area contributed by atoms with Gasteiger partial charge in [-0.25, -0.2) is 0 Å². The van der Waals surface area contributed by atoms with Crippen LogP contribution >= 0.6 is 0 Å². The number of hydrogen-bond donors (Lipinski definition) is 1. The zero-order valence-corrected chi connectivity index (χ0v) is 14.1. The second-order valence-corrected chi connectivity index (χ2v) is 6.36. The van der Waals surface area contributed by atoms with E-state index in [-0.39, 0.29) is 18.1 Å². The molecule has 130 valence electrons. The normalized spacial score (nSPS) is 21.0. The van der Waals surface area contributed by atoms with Crippen LogP contribution in [0.15, 0.2) is 28.8 Å². The molecule has 2 atom stereocenters. The molecule has 0 radical (unpaired) electrons. The maximum Gasteiger partial charge on any atom is 0.247 e. The molecule has 8 heteroatoms. The van der Waals surface area contributed by atoms with Gasteiger partial charge in [-0.3, -0.25) is 9.89 Å². The first-order chi connectivity index (χ1) is 12.1. The van der Waals surface area contributed by atoms with Crippen molar-refractivity contribution in [2.75, 3.05) is 13.1 Å². The molecular weight excluding hydrogens is 322 g/mol. The minimum absolute atomic E-state index is 0.0548. The number of morpholine rings is 1. The first-order valence-corrected chi connectivity index (χ1v) is 8.24. The second kappa shape index (κ2) is 6.29. The van der Waals surface area contributed by atoms with Crippen LogP contribution in [0.1, 0.15) is 30.4 Å². The van der Waals surface area contributed by atoms with E-state index in [1.807, 2.05) is 25.1 Å². The molecule has 1 aliphatic heterocycles. The molecule has 1 amide bonds. The molecular formula is C17H19N5O3. The number of H-pyrrole nitrogens is 1. The predicted octanol–water partition coefficient (Wildman–Crippen LogP) is 1.79. The van der Waals surface area contributed by atoms with Gasteiger partial charge in [0.25, 0.3) is 0 Å². The summed E-state index contributed by atoms with van der Waals surface area (Å²) in [5.74, 6) is 0.962. The maximum absolute atomic E-state index is 12.7. The van der Waals surface area contributed by atoms with Crippen LogP contribution in [-0.4, -0.2) is 50.4 Å². The van der Waals surface area contributed by atoms with Gasteiger partial charge in [-0.05, 0) is 24.6 Å². The van der Waals surface area contributed by atoms with Crippen molar-refractivity contribution in [2.45, 2.75) is 32.5 Å². The molecule has 0 spiro atoms. The molecule has 4 rings (SSSR count). The van der Waals surface area contributed by atoms with Crippen molar-refractivity contribution >= 4 is 16.8 Å². The average molecular weight is 341 g/mol. The Morgan fingerprint density at radius 1 is 1.36 bits per heavy atom. The fourth-order valence-electron chi connectivity index (χ4n) is 3.12. The van der Waals surface area contributed by atoms with Gasteiger partial charge in [0.15, 0.2) is 6.10 Å². The molecule has 1 aliphatic rings. The van der Waals surface area contributed by atoms with Crippen molar-refractivity contribution in [2.24, 2.45) is 0 Å². The molecule has 0 bridgehead atoms. The van der Waals surface area contributed by atoms with E-state index in [1.54, 1.807) is 18.0 Å². The van der Waals surface area contributed by atoms with E-state index >= 15 is 0 Å². The molecule has 1 saturated heterocycles. The van der Waals surface area contributed by atoms with E-state index in [9.17, 15) is 4.79 Å². The van der Waals surface area contributed by atoms with Crippen molar-refractivity contribution in [1.82, 2.24) is 25.3 Å². The minimum Gasteiger partial charge on any atom is -0.423 e. The molecule has 8 nitrogen and oxygen atoms in total. The number of hydrogen-bond acceptors (Lipinski definition) is 6. The Labute approximate surface area is 144 Å². The quantitative estimate of drug-likeness (QED) is 0.780. The number of aromatic nitrogens is 4. The molecule has 0 saturated carbocycles. The number of carbonyl (C=O) groups is 1. The molecule has 3 aromatic rings. The van der Waals surface area contributed by atoms with Crippen LogP contribution in [0.3, 0.4) is 0 Å². The van der Waals surface area contributed by atoms with E-state index in [0.29, 0.717) is 31.3 Å². The van der Waals surface area contributed by atoms with Gasteiger partial charge < -0.3 is 14.1 Å². The van der Waals surface area contributed by atoms with Crippen LogP contribution in [0.5, 0.6) is 0 Å². The molecule has 1 fully saturated rings. The SMILES string of the molecule is Cc1nnc([C@H]2CN(C(=O)Cc3ccc4[nH]ncc4c3)C[C@@H](C)O2)o1. The van der Waals surface area contributed by atoms with Gasteiger partial charge >= 0.3 is 0 Å². The number of amides is 1. The van der Waals surface area contributed by atoms with Gasteiger partial charge in [0, 0.05) is 18.9 Å². The Morgan fingerprint density at radius 2 is 2.24 bits per heavy atom. The minimum atomic E-state index is -0.384. The van der Waals surface area contributed by atoms with Crippen LogP contribution in [0, 0.1) is 6.92 Å². The topological polar surface area (TPSA) is 97.1 Å². The summed E-state index contributed by atoms with van der Waals surface area (Å²) in [6.07, 6.45) is 1.62. The van der Waals surface area contributed by atoms with Crippen molar-refractivity contribution in [3.63, 3.8) is 0 Å². The van der Waals surface area contributed by atoms with Gasteiger partial charge in [0.2, 0.25) is 17.7 Å². The fraction of sp³-hybridized carbons (Fsp3) is 0.412. The standard InChI is InChI=1S/C17H19N5O3/c1-10-8-22(9-15(24-10)17-21-19-11(2)25-17)16(23)6-12-3-4-14-13(5-12)7-18-20-14/h3-5,7,10,15H,6,8-9H2,1-2H3,(H,18,20)/t10-,15-/m1/s1. The zero-order valence-electron chi connectivity index (χ0n) is 14.1. The summed E-state index contributed by atoms with van der Waals surface area (Å²) in [4.78, 5) is 14.6. The number of aromatic amines is 1. The molecule has 3 heterocycles. The highest BCUT2D eigenvalue weighted by Gasteiger charge is 2.32. The summed E-state index contributed by atoms with van der Waals surface area (Å²) >= 11 is 0. The van der Waals surface area contributed by atoms with Crippen LogP contribution < -0.4 is 0 Å². The molecule has 1 aromatic carbocycles. The predicted molar refractivity (Wildman–Crippen MR) is 88.7 cm³/mol. The Morgan fingerprint density at radius 3 is 3.04 bits per heavy atom. The van der Waals surface area contributed by atoms with E-state index < -0.39 is 0 Å². The van der Waals surface area contributed by atoms with Gasteiger partial charge in [-0.2, -0.15) is 5.10 Å². The Kier molecular flexibility index (Phi) is 3.96. The third kappa shape index (κ3) is 3.25. The highest BCUT2D eigenvalue weighted by molar-refractivity contribution is 5.83. The lowest BCUT2D eigenvalue weighted by Crippen LogP contribution is -2.46. The van der Waals surface area contributed by atoms with Crippen LogP contribution in [0.25, 0.3) is 10.9 Å². The van der Waals surface area contributed by atoms with E-state index in [1.165, 1.54) is 0 Å². The van der Waals surface area contributed by atoms with Gasteiger partial charge in [-0.15, -0.1) is 10.2 Å². The number of fused-ring (bicyclic) bond motifs is 1. The highest BCUT2D eigenvalue weighted by atomic mass is 16.5. The molecule has 25 heavy (non-hydrogen) atoms. The van der Waals surface area contributed by atoms with Crippen molar-refractivity contribution in [3.05, 3.63) is 41.7 Å². The lowest BCUT2D eigenvalue weighted by atomic mass is 10.1. The van der Waals surface area contributed by atoms with Crippen LogP contribution in [-0.2, 0) is 16.0 Å². The first kappa shape index (κ1) is 15.8. The lowest BCUT2D eigenvalue weighted by molar-refractivity contribution is -0.145. The number of rotatable bonds is 3. The fourth-order valence-corrected chi connectivity index (χ4v) is 3.12. The van der Waals surface area contributed by atoms with Crippen LogP contribution in [0.2, 0.25) is 0 Å². The van der Waals surface area contributed by atoms with Crippen LogP contribution in [0.4, 0.5) is 0 Å². The van der Waals surface area contributed by atoms with Crippen molar-refractivity contribution in [1.29, 1.82) is 0 Å². The summed E-state index contributed by atoms with van der Waals surface area (Å²) in [5.41, 5.74) is 1.92. The Hall–Kier alpha value is -2.74. The monoisotopic (exact) mass is 341 g/mol. The van der Waals surface area contributed by atoms with Gasteiger partial charge in [0.05, 0.1) is 30.8 Å². The third-order valence-electron chi connectivity index (χ3n) is 4.29. The molecule has 0 aliphatic carbocycles. The van der Waals surface area contributed by atoms with Crippen molar-refractivity contribution < 1.29 is 13.9 Å². The first-order valence-electron chi connectivity index (χ1n) is 8.24. The zero-order chi connectivity index (χ0) is 17.4. The molecule has 0 unspecified atom stereocenters. The summed E-state index contributed by atoms with van der Waals surface area (Å²) < 4.78 is 11.3. The molecule has 2 aromatic heterocycles.